The van der Waals surface area contributed by atoms with E-state index < -0.39 is 9.84 Å². The van der Waals surface area contributed by atoms with E-state index >= 15 is 0 Å². The summed E-state index contributed by atoms with van der Waals surface area (Å²) >= 11 is 4.85. The molecule has 3 rings (SSSR count). The molecule has 0 saturated carbocycles. The molecule has 9 heteroatoms. The highest BCUT2D eigenvalue weighted by atomic mass is 79.9. The van der Waals surface area contributed by atoms with Gasteiger partial charge in [0, 0.05) is 33.1 Å². The van der Waals surface area contributed by atoms with Gasteiger partial charge >= 0.3 is 0 Å². The number of sulfone groups is 1. The van der Waals surface area contributed by atoms with Crippen molar-refractivity contribution in [3.8, 4) is 0 Å². The van der Waals surface area contributed by atoms with Crippen LogP contribution in [0.25, 0.3) is 0 Å². The number of hydrogen-bond acceptors (Lipinski definition) is 5. The van der Waals surface area contributed by atoms with E-state index in [0.717, 1.165) is 9.37 Å². The summed E-state index contributed by atoms with van der Waals surface area (Å²) in [5, 5.41) is 5.56. The van der Waals surface area contributed by atoms with Gasteiger partial charge in [0.15, 0.2) is 9.84 Å². The summed E-state index contributed by atoms with van der Waals surface area (Å²) in [6.07, 6.45) is 0.210. The number of nitrogens with one attached hydrogen (secondary N) is 2. The van der Waals surface area contributed by atoms with E-state index in [1.165, 1.54) is 23.9 Å². The maximum absolute atomic E-state index is 12.7. The number of amides is 2. The van der Waals surface area contributed by atoms with Crippen LogP contribution in [0.2, 0.25) is 0 Å². The van der Waals surface area contributed by atoms with Crippen molar-refractivity contribution >= 4 is 60.7 Å². The second kappa shape index (κ2) is 8.67. The summed E-state index contributed by atoms with van der Waals surface area (Å²) in [5.74, 6) is -0.834. The highest BCUT2D eigenvalue weighted by molar-refractivity contribution is 9.10. The molecule has 0 unspecified atom stereocenters. The van der Waals surface area contributed by atoms with E-state index in [1.54, 1.807) is 24.3 Å². The molecule has 1 aliphatic heterocycles. The van der Waals surface area contributed by atoms with Crippen molar-refractivity contribution in [2.24, 2.45) is 0 Å². The Hall–Kier alpha value is -1.84. The molecule has 0 aliphatic carbocycles. The quantitative estimate of drug-likeness (QED) is 0.669. The molecule has 0 spiro atoms. The predicted molar refractivity (Wildman–Crippen MR) is 114 cm³/mol. The molecule has 28 heavy (non-hydrogen) atoms. The number of carbonyl (C=O) groups is 2. The Labute approximate surface area is 176 Å². The monoisotopic (exact) mass is 482 g/mol. The lowest BCUT2D eigenvalue weighted by Gasteiger charge is -2.11. The van der Waals surface area contributed by atoms with Gasteiger partial charge in [0.2, 0.25) is 11.8 Å². The lowest BCUT2D eigenvalue weighted by atomic mass is 10.3. The second-order valence-corrected chi connectivity index (χ2v) is 11.0. The number of fused-ring (bicyclic) bond motifs is 1. The fraction of sp³-hybridized carbons (Fsp3) is 0.263. The number of thioether (sulfide) groups is 1. The lowest BCUT2D eigenvalue weighted by molar-refractivity contribution is -0.116. The summed E-state index contributed by atoms with van der Waals surface area (Å²) in [5.41, 5.74) is 1.09. The maximum Gasteiger partial charge on any atom is 0.225 e. The Balaban J connectivity index is 1.69. The molecule has 2 aromatic rings. The number of carbonyl (C=O) groups excluding carboxylic acids is 2. The smallest absolute Gasteiger partial charge is 0.225 e. The molecular formula is C19H19BrN2O4S2. The SMILES string of the molecule is C[C@@H]1CC(=O)Nc2cc(S(=O)(=O)CCC(=O)Nc3cccc(Br)c3)ccc2S1. The van der Waals surface area contributed by atoms with Crippen LogP contribution in [0.4, 0.5) is 11.4 Å². The molecule has 0 saturated heterocycles. The van der Waals surface area contributed by atoms with Gasteiger partial charge in [-0.05, 0) is 36.4 Å². The van der Waals surface area contributed by atoms with E-state index in [4.69, 9.17) is 0 Å². The van der Waals surface area contributed by atoms with Gasteiger partial charge < -0.3 is 10.6 Å². The Morgan fingerprint density at radius 3 is 2.82 bits per heavy atom. The van der Waals surface area contributed by atoms with Crippen LogP contribution in [0.15, 0.2) is 56.7 Å². The molecule has 0 fully saturated rings. The third-order valence-corrected chi connectivity index (χ3v) is 7.48. The Morgan fingerprint density at radius 1 is 1.29 bits per heavy atom. The Morgan fingerprint density at radius 2 is 2.07 bits per heavy atom. The van der Waals surface area contributed by atoms with Crippen molar-refractivity contribution in [2.75, 3.05) is 16.4 Å². The average molecular weight is 483 g/mol. The van der Waals surface area contributed by atoms with Gasteiger partial charge in [-0.2, -0.15) is 0 Å². The van der Waals surface area contributed by atoms with Gasteiger partial charge in [0.05, 0.1) is 16.3 Å². The zero-order chi connectivity index (χ0) is 20.3. The third-order valence-electron chi connectivity index (χ3n) is 4.09. The van der Waals surface area contributed by atoms with E-state index in [2.05, 4.69) is 26.6 Å². The topological polar surface area (TPSA) is 92.3 Å². The molecule has 148 valence electrons. The van der Waals surface area contributed by atoms with Gasteiger partial charge in [-0.25, -0.2) is 8.42 Å². The van der Waals surface area contributed by atoms with Gasteiger partial charge in [0.25, 0.3) is 0 Å². The fourth-order valence-electron chi connectivity index (χ4n) is 2.76. The minimum atomic E-state index is -3.66. The molecule has 0 bridgehead atoms. The predicted octanol–water partition coefficient (Wildman–Crippen LogP) is 4.07. The van der Waals surface area contributed by atoms with Gasteiger partial charge in [-0.1, -0.05) is 28.9 Å². The fourth-order valence-corrected chi connectivity index (χ4v) is 5.47. The van der Waals surface area contributed by atoms with E-state index in [1.807, 2.05) is 13.0 Å². The first kappa shape index (κ1) is 20.9. The molecular weight excluding hydrogens is 464 g/mol. The first-order valence-corrected chi connectivity index (χ1v) is 11.9. The summed E-state index contributed by atoms with van der Waals surface area (Å²) in [6.45, 7) is 1.95. The van der Waals surface area contributed by atoms with Crippen LogP contribution in [0, 0.1) is 0 Å². The van der Waals surface area contributed by atoms with Crippen LogP contribution >= 0.6 is 27.7 Å². The number of hydrogen-bond donors (Lipinski definition) is 2. The molecule has 1 atom stereocenters. The summed E-state index contributed by atoms with van der Waals surface area (Å²) in [4.78, 5) is 24.9. The van der Waals surface area contributed by atoms with Gasteiger partial charge in [0.1, 0.15) is 0 Å². The zero-order valence-corrected chi connectivity index (χ0v) is 18.3. The first-order chi connectivity index (χ1) is 13.2. The number of anilines is 2. The standard InChI is InChI=1S/C19H19BrN2O4S2/c1-12-9-19(24)22-16-11-15(5-6-17(16)27-12)28(25,26)8-7-18(23)21-14-4-2-3-13(20)10-14/h2-6,10-12H,7-9H2,1H3,(H,21,23)(H,22,24)/t12-/m1/s1. The van der Waals surface area contributed by atoms with Crippen molar-refractivity contribution in [2.45, 2.75) is 34.8 Å². The summed E-state index contributed by atoms with van der Waals surface area (Å²) < 4.78 is 26.1. The number of halogens is 1. The average Bonchev–Trinajstić information content (AvgIpc) is 2.75. The van der Waals surface area contributed by atoms with Crippen molar-refractivity contribution in [1.82, 2.24) is 0 Å². The largest absolute Gasteiger partial charge is 0.326 e. The lowest BCUT2D eigenvalue weighted by Crippen LogP contribution is -2.18. The third kappa shape index (κ3) is 5.36. The van der Waals surface area contributed by atoms with Crippen molar-refractivity contribution < 1.29 is 18.0 Å². The normalized spacial score (nSPS) is 16.6. The van der Waals surface area contributed by atoms with Crippen LogP contribution in [-0.2, 0) is 19.4 Å². The molecule has 0 aromatic heterocycles. The summed E-state index contributed by atoms with van der Waals surface area (Å²) in [6, 6.07) is 11.8. The minimum Gasteiger partial charge on any atom is -0.326 e. The highest BCUT2D eigenvalue weighted by Gasteiger charge is 2.22. The minimum absolute atomic E-state index is 0.0944. The molecule has 2 N–H and O–H groups in total. The molecule has 1 aliphatic rings. The van der Waals surface area contributed by atoms with E-state index in [0.29, 0.717) is 17.8 Å². The summed E-state index contributed by atoms with van der Waals surface area (Å²) in [7, 11) is -3.66. The van der Waals surface area contributed by atoms with Crippen LogP contribution in [0.1, 0.15) is 19.8 Å². The Kier molecular flexibility index (Phi) is 6.47. The van der Waals surface area contributed by atoms with Crippen LogP contribution in [0.3, 0.4) is 0 Å². The van der Waals surface area contributed by atoms with E-state index in [9.17, 15) is 18.0 Å². The Bertz CT molecular complexity index is 1020. The molecule has 0 radical (unpaired) electrons. The molecule has 6 nitrogen and oxygen atoms in total. The van der Waals surface area contributed by atoms with Crippen molar-refractivity contribution in [1.29, 1.82) is 0 Å². The van der Waals surface area contributed by atoms with Gasteiger partial charge in [-0.3, -0.25) is 9.59 Å². The number of benzene rings is 2. The van der Waals surface area contributed by atoms with Crippen LogP contribution < -0.4 is 10.6 Å². The highest BCUT2D eigenvalue weighted by Crippen LogP contribution is 2.36. The zero-order valence-electron chi connectivity index (χ0n) is 15.1. The van der Waals surface area contributed by atoms with E-state index in [-0.39, 0.29) is 34.1 Å². The molecule has 1 heterocycles. The molecule has 2 aromatic carbocycles. The number of rotatable bonds is 5. The maximum atomic E-state index is 12.7. The first-order valence-electron chi connectivity index (χ1n) is 8.62. The van der Waals surface area contributed by atoms with Crippen LogP contribution in [0.5, 0.6) is 0 Å². The van der Waals surface area contributed by atoms with Gasteiger partial charge in [-0.15, -0.1) is 11.8 Å². The molecule has 2 amide bonds. The second-order valence-electron chi connectivity index (χ2n) is 6.47. The van der Waals surface area contributed by atoms with Crippen molar-refractivity contribution in [3.05, 3.63) is 46.9 Å². The van der Waals surface area contributed by atoms with Crippen molar-refractivity contribution in [3.63, 3.8) is 0 Å². The van der Waals surface area contributed by atoms with Crippen LogP contribution in [-0.4, -0.2) is 31.2 Å².